The van der Waals surface area contributed by atoms with Crippen LogP contribution in [0, 0.1) is 11.8 Å². The van der Waals surface area contributed by atoms with Crippen LogP contribution in [0.5, 0.6) is 0 Å². The molecule has 3 aliphatic rings. The van der Waals surface area contributed by atoms with Crippen LogP contribution in [-0.2, 0) is 14.4 Å². The highest BCUT2D eigenvalue weighted by atomic mass is 35.5. The second-order valence-corrected chi connectivity index (χ2v) is 9.16. The first-order valence-electron chi connectivity index (χ1n) is 8.49. The molecule has 4 rings (SSSR count). The highest BCUT2D eigenvalue weighted by Crippen LogP contribution is 2.42. The van der Waals surface area contributed by atoms with Crippen molar-refractivity contribution in [3.05, 3.63) is 38.7 Å². The number of carbonyl (C=O) groups excluding carboxylic acids is 3. The topological polar surface area (TPSA) is 57.7 Å². The van der Waals surface area contributed by atoms with Crippen molar-refractivity contribution in [1.82, 2.24) is 10.0 Å². The standard InChI is InChI=1S/C18H14Cl2N2O3S2/c19-10-6-5-9(13(20)8-10)7-14-17(25)22(18(26)27-14)21-15(23)11-3-1-2-4-12(11)16(21)24/h5-8,11-12H,1-4H2. The summed E-state index contributed by atoms with van der Waals surface area (Å²) in [6.07, 6.45) is 4.78. The summed E-state index contributed by atoms with van der Waals surface area (Å²) >= 11 is 18.4. The van der Waals surface area contributed by atoms with Gasteiger partial charge in [-0.25, -0.2) is 0 Å². The molecule has 1 saturated carbocycles. The Morgan fingerprint density at radius 2 is 1.67 bits per heavy atom. The summed E-state index contributed by atoms with van der Waals surface area (Å²) in [5, 5.41) is 2.88. The first-order chi connectivity index (χ1) is 12.9. The molecule has 0 spiro atoms. The van der Waals surface area contributed by atoms with E-state index in [1.165, 1.54) is 0 Å². The molecule has 3 fully saturated rings. The van der Waals surface area contributed by atoms with E-state index >= 15 is 0 Å². The molecule has 3 amide bonds. The molecule has 0 bridgehead atoms. The second kappa shape index (κ2) is 7.20. The Kier molecular flexibility index (Phi) is 5.05. The molecular weight excluding hydrogens is 427 g/mol. The van der Waals surface area contributed by atoms with E-state index in [2.05, 4.69) is 0 Å². The predicted octanol–water partition coefficient (Wildman–Crippen LogP) is 4.28. The molecule has 9 heteroatoms. The Morgan fingerprint density at radius 1 is 1.04 bits per heavy atom. The number of benzene rings is 1. The summed E-state index contributed by atoms with van der Waals surface area (Å²) in [7, 11) is 0. The van der Waals surface area contributed by atoms with E-state index in [9.17, 15) is 14.4 Å². The molecule has 0 radical (unpaired) electrons. The van der Waals surface area contributed by atoms with Crippen LogP contribution < -0.4 is 0 Å². The number of thiocarbonyl (C=S) groups is 1. The van der Waals surface area contributed by atoms with Gasteiger partial charge in [0.05, 0.1) is 16.7 Å². The molecule has 0 N–H and O–H groups in total. The average Bonchev–Trinajstić information content (AvgIpc) is 3.04. The van der Waals surface area contributed by atoms with Crippen molar-refractivity contribution in [3.8, 4) is 0 Å². The van der Waals surface area contributed by atoms with Gasteiger partial charge in [0.2, 0.25) is 0 Å². The van der Waals surface area contributed by atoms with E-state index < -0.39 is 5.91 Å². The van der Waals surface area contributed by atoms with Crippen LogP contribution in [-0.4, -0.2) is 32.1 Å². The summed E-state index contributed by atoms with van der Waals surface area (Å²) in [6.45, 7) is 0. The Hall–Kier alpha value is -1.41. The molecule has 1 aromatic carbocycles. The van der Waals surface area contributed by atoms with Gasteiger partial charge >= 0.3 is 0 Å². The van der Waals surface area contributed by atoms with Gasteiger partial charge in [-0.1, -0.05) is 53.9 Å². The van der Waals surface area contributed by atoms with Gasteiger partial charge in [-0.15, -0.1) is 0 Å². The lowest BCUT2D eigenvalue weighted by atomic mass is 9.81. The van der Waals surface area contributed by atoms with Crippen LogP contribution in [0.1, 0.15) is 31.2 Å². The smallest absolute Gasteiger partial charge is 0.272 e. The number of thioether (sulfide) groups is 1. The lowest BCUT2D eigenvalue weighted by molar-refractivity contribution is -0.158. The van der Waals surface area contributed by atoms with Crippen molar-refractivity contribution in [3.63, 3.8) is 0 Å². The number of hydrogen-bond donors (Lipinski definition) is 0. The Balaban J connectivity index is 1.64. The van der Waals surface area contributed by atoms with Crippen molar-refractivity contribution < 1.29 is 14.4 Å². The van der Waals surface area contributed by atoms with E-state index in [0.717, 1.165) is 34.6 Å². The van der Waals surface area contributed by atoms with Crippen LogP contribution in [0.3, 0.4) is 0 Å². The molecule has 2 unspecified atom stereocenters. The minimum atomic E-state index is -0.489. The van der Waals surface area contributed by atoms with Crippen LogP contribution in [0.15, 0.2) is 23.1 Å². The molecule has 0 aromatic heterocycles. The SMILES string of the molecule is O=C1C(=Cc2ccc(Cl)cc2Cl)SC(=S)N1N1C(=O)C2CCCCC2C1=O. The summed E-state index contributed by atoms with van der Waals surface area (Å²) in [6, 6.07) is 4.93. The number of fused-ring (bicyclic) bond motifs is 1. The number of imide groups is 1. The Labute approximate surface area is 175 Å². The van der Waals surface area contributed by atoms with Gasteiger partial charge in [-0.3, -0.25) is 14.4 Å². The largest absolute Gasteiger partial charge is 0.285 e. The lowest BCUT2D eigenvalue weighted by Gasteiger charge is -2.24. The van der Waals surface area contributed by atoms with E-state index in [4.69, 9.17) is 35.4 Å². The van der Waals surface area contributed by atoms with Gasteiger partial charge in [0.25, 0.3) is 17.7 Å². The second-order valence-electron chi connectivity index (χ2n) is 6.65. The Morgan fingerprint density at radius 3 is 2.26 bits per heavy atom. The summed E-state index contributed by atoms with van der Waals surface area (Å²) in [5.41, 5.74) is 0.606. The van der Waals surface area contributed by atoms with Crippen molar-refractivity contribution in [2.75, 3.05) is 0 Å². The monoisotopic (exact) mass is 440 g/mol. The molecule has 2 saturated heterocycles. The zero-order valence-electron chi connectivity index (χ0n) is 14.0. The minimum Gasteiger partial charge on any atom is -0.272 e. The molecule has 5 nitrogen and oxygen atoms in total. The number of hydrazine groups is 1. The zero-order valence-corrected chi connectivity index (χ0v) is 17.1. The molecule has 1 aliphatic carbocycles. The quantitative estimate of drug-likeness (QED) is 0.390. The van der Waals surface area contributed by atoms with Gasteiger partial charge in [-0.2, -0.15) is 10.0 Å². The molecule has 1 aromatic rings. The van der Waals surface area contributed by atoms with Crippen molar-refractivity contribution >= 4 is 75.3 Å². The maximum atomic E-state index is 12.9. The van der Waals surface area contributed by atoms with Crippen molar-refractivity contribution in [2.24, 2.45) is 11.8 Å². The highest BCUT2D eigenvalue weighted by Gasteiger charge is 2.54. The van der Waals surface area contributed by atoms with E-state index in [0.29, 0.717) is 33.4 Å². The fourth-order valence-corrected chi connectivity index (χ4v) is 5.43. The van der Waals surface area contributed by atoms with Crippen molar-refractivity contribution in [1.29, 1.82) is 0 Å². The lowest BCUT2D eigenvalue weighted by Crippen LogP contribution is -2.49. The number of amides is 3. The minimum absolute atomic E-state index is 0.164. The van der Waals surface area contributed by atoms with Gasteiger partial charge < -0.3 is 0 Å². The van der Waals surface area contributed by atoms with E-state index in [1.807, 2.05) is 0 Å². The van der Waals surface area contributed by atoms with Crippen LogP contribution >= 0.6 is 47.2 Å². The summed E-state index contributed by atoms with van der Waals surface area (Å²) in [4.78, 5) is 38.8. The number of carbonyl (C=O) groups is 3. The molecular formula is C18H14Cl2N2O3S2. The average molecular weight is 441 g/mol. The number of hydrogen-bond acceptors (Lipinski definition) is 5. The van der Waals surface area contributed by atoms with E-state index in [-0.39, 0.29) is 28.0 Å². The summed E-state index contributed by atoms with van der Waals surface area (Å²) < 4.78 is 0.164. The highest BCUT2D eigenvalue weighted by molar-refractivity contribution is 8.26. The fraction of sp³-hybridized carbons (Fsp3) is 0.333. The number of halogens is 2. The molecule has 140 valence electrons. The zero-order chi connectivity index (χ0) is 19.3. The number of nitrogens with zero attached hydrogens (tertiary/aromatic N) is 2. The third-order valence-corrected chi connectivity index (χ3v) is 6.89. The molecule has 27 heavy (non-hydrogen) atoms. The number of rotatable bonds is 2. The summed E-state index contributed by atoms with van der Waals surface area (Å²) in [5.74, 6) is -1.83. The molecule has 2 atom stereocenters. The van der Waals surface area contributed by atoms with Crippen LogP contribution in [0.4, 0.5) is 0 Å². The fourth-order valence-electron chi connectivity index (χ4n) is 3.73. The van der Waals surface area contributed by atoms with Gasteiger partial charge in [0, 0.05) is 10.0 Å². The first-order valence-corrected chi connectivity index (χ1v) is 10.5. The van der Waals surface area contributed by atoms with Crippen LogP contribution in [0.2, 0.25) is 10.0 Å². The van der Waals surface area contributed by atoms with Gasteiger partial charge in [0.15, 0.2) is 4.32 Å². The predicted molar refractivity (Wildman–Crippen MR) is 109 cm³/mol. The third kappa shape index (κ3) is 3.20. The Bertz CT molecular complexity index is 894. The first kappa shape index (κ1) is 18.9. The van der Waals surface area contributed by atoms with E-state index in [1.54, 1.807) is 24.3 Å². The van der Waals surface area contributed by atoms with Gasteiger partial charge in [-0.05, 0) is 48.8 Å². The normalized spacial score (nSPS) is 27.1. The molecule has 2 aliphatic heterocycles. The maximum Gasteiger partial charge on any atom is 0.285 e. The van der Waals surface area contributed by atoms with Crippen molar-refractivity contribution in [2.45, 2.75) is 25.7 Å². The van der Waals surface area contributed by atoms with Gasteiger partial charge in [0.1, 0.15) is 0 Å². The maximum absolute atomic E-state index is 12.9. The molecule has 2 heterocycles. The third-order valence-electron chi connectivity index (χ3n) is 5.04. The van der Waals surface area contributed by atoms with Crippen LogP contribution in [0.25, 0.3) is 6.08 Å².